The summed E-state index contributed by atoms with van der Waals surface area (Å²) in [6, 6.07) is 5.08. The lowest BCUT2D eigenvalue weighted by Gasteiger charge is -2.10. The molecule has 16 heavy (non-hydrogen) atoms. The standard InChI is InChI=1S/C13H14FNO/c1-2-7-16-13-6-3-11(14)8-10(13)9-15-12-4-5-12/h1,3,6,8,12,15H,4-5,7,9H2. The Morgan fingerprint density at radius 1 is 1.50 bits per heavy atom. The molecule has 0 radical (unpaired) electrons. The molecule has 1 aromatic rings. The molecule has 84 valence electrons. The average molecular weight is 219 g/mol. The largest absolute Gasteiger partial charge is 0.481 e. The molecule has 1 aromatic carbocycles. The van der Waals surface area contributed by atoms with E-state index in [0.29, 0.717) is 18.3 Å². The highest BCUT2D eigenvalue weighted by molar-refractivity contribution is 5.34. The van der Waals surface area contributed by atoms with Crippen molar-refractivity contribution < 1.29 is 9.13 Å². The predicted molar refractivity (Wildman–Crippen MR) is 60.6 cm³/mol. The Labute approximate surface area is 94.8 Å². The molecule has 0 unspecified atom stereocenters. The van der Waals surface area contributed by atoms with Crippen LogP contribution >= 0.6 is 0 Å². The van der Waals surface area contributed by atoms with Crippen molar-refractivity contribution in [2.45, 2.75) is 25.4 Å². The van der Waals surface area contributed by atoms with Gasteiger partial charge in [-0.3, -0.25) is 0 Å². The second-order valence-electron chi connectivity index (χ2n) is 3.90. The molecule has 2 nitrogen and oxygen atoms in total. The zero-order valence-corrected chi connectivity index (χ0v) is 9.00. The fraction of sp³-hybridized carbons (Fsp3) is 0.385. The van der Waals surface area contributed by atoms with Gasteiger partial charge < -0.3 is 10.1 Å². The van der Waals surface area contributed by atoms with E-state index in [2.05, 4.69) is 11.2 Å². The van der Waals surface area contributed by atoms with Gasteiger partial charge in [-0.15, -0.1) is 6.42 Å². The molecule has 2 rings (SSSR count). The molecule has 0 aliphatic heterocycles. The molecule has 1 saturated carbocycles. The van der Waals surface area contributed by atoms with Crippen molar-refractivity contribution in [2.75, 3.05) is 6.61 Å². The van der Waals surface area contributed by atoms with Gasteiger partial charge >= 0.3 is 0 Å². The fourth-order valence-corrected chi connectivity index (χ4v) is 1.49. The molecule has 3 heteroatoms. The second kappa shape index (κ2) is 5.00. The molecule has 1 aliphatic carbocycles. The zero-order chi connectivity index (χ0) is 11.4. The summed E-state index contributed by atoms with van der Waals surface area (Å²) in [4.78, 5) is 0. The summed E-state index contributed by atoms with van der Waals surface area (Å²) in [6.45, 7) is 0.838. The van der Waals surface area contributed by atoms with Crippen LogP contribution < -0.4 is 10.1 Å². The third-order valence-electron chi connectivity index (χ3n) is 2.49. The van der Waals surface area contributed by atoms with E-state index in [-0.39, 0.29) is 12.4 Å². The lowest BCUT2D eigenvalue weighted by atomic mass is 10.2. The van der Waals surface area contributed by atoms with E-state index >= 15 is 0 Å². The number of hydrogen-bond donors (Lipinski definition) is 1. The molecule has 0 bridgehead atoms. The second-order valence-corrected chi connectivity index (χ2v) is 3.90. The smallest absolute Gasteiger partial charge is 0.148 e. The van der Waals surface area contributed by atoms with E-state index in [4.69, 9.17) is 11.2 Å². The highest BCUT2D eigenvalue weighted by Gasteiger charge is 2.20. The predicted octanol–water partition coefficient (Wildman–Crippen LogP) is 2.09. The van der Waals surface area contributed by atoms with E-state index in [0.717, 1.165) is 5.56 Å². The van der Waals surface area contributed by atoms with Gasteiger partial charge in [0.15, 0.2) is 0 Å². The number of benzene rings is 1. The summed E-state index contributed by atoms with van der Waals surface area (Å²) in [5.74, 6) is 2.81. The van der Waals surface area contributed by atoms with Crippen LogP contribution in [-0.2, 0) is 6.54 Å². The third kappa shape index (κ3) is 2.98. The van der Waals surface area contributed by atoms with Crippen LogP contribution in [0.5, 0.6) is 5.75 Å². The Balaban J connectivity index is 2.04. The minimum Gasteiger partial charge on any atom is -0.481 e. The maximum atomic E-state index is 13.1. The number of halogens is 1. The lowest BCUT2D eigenvalue weighted by Crippen LogP contribution is -2.16. The Hall–Kier alpha value is -1.53. The summed E-state index contributed by atoms with van der Waals surface area (Å²) in [6.07, 6.45) is 7.53. The summed E-state index contributed by atoms with van der Waals surface area (Å²) >= 11 is 0. The molecule has 1 fully saturated rings. The lowest BCUT2D eigenvalue weighted by molar-refractivity contribution is 0.363. The topological polar surface area (TPSA) is 21.3 Å². The van der Waals surface area contributed by atoms with Crippen molar-refractivity contribution in [2.24, 2.45) is 0 Å². The van der Waals surface area contributed by atoms with Crippen LogP contribution in [0.15, 0.2) is 18.2 Å². The van der Waals surface area contributed by atoms with Gasteiger partial charge in [0.2, 0.25) is 0 Å². The summed E-state index contributed by atoms with van der Waals surface area (Å²) in [5, 5.41) is 3.32. The Morgan fingerprint density at radius 3 is 3.00 bits per heavy atom. The quantitative estimate of drug-likeness (QED) is 0.766. The highest BCUT2D eigenvalue weighted by atomic mass is 19.1. The summed E-state index contributed by atoms with van der Waals surface area (Å²) in [7, 11) is 0. The van der Waals surface area contributed by atoms with Gasteiger partial charge in [0.05, 0.1) is 0 Å². The first-order chi connectivity index (χ1) is 7.79. The first-order valence-electron chi connectivity index (χ1n) is 5.37. The van der Waals surface area contributed by atoms with Crippen molar-refractivity contribution in [1.29, 1.82) is 0 Å². The normalized spacial score (nSPS) is 14.5. The molecule has 1 N–H and O–H groups in total. The Bertz CT molecular complexity index is 407. The van der Waals surface area contributed by atoms with Gasteiger partial charge in [0.1, 0.15) is 18.2 Å². The van der Waals surface area contributed by atoms with Gasteiger partial charge in [-0.05, 0) is 31.0 Å². The van der Waals surface area contributed by atoms with E-state index in [1.54, 1.807) is 6.07 Å². The van der Waals surface area contributed by atoms with Crippen molar-refractivity contribution in [3.63, 3.8) is 0 Å². The van der Waals surface area contributed by atoms with Crippen molar-refractivity contribution >= 4 is 0 Å². The van der Waals surface area contributed by atoms with E-state index in [1.165, 1.54) is 25.0 Å². The molecule has 0 amide bonds. The van der Waals surface area contributed by atoms with Gasteiger partial charge in [-0.25, -0.2) is 4.39 Å². The molecular weight excluding hydrogens is 205 g/mol. The molecule has 1 aliphatic rings. The molecule has 0 heterocycles. The first kappa shape index (κ1) is 11.0. The maximum Gasteiger partial charge on any atom is 0.148 e. The minimum absolute atomic E-state index is 0.210. The number of terminal acetylenes is 1. The first-order valence-corrected chi connectivity index (χ1v) is 5.37. The zero-order valence-electron chi connectivity index (χ0n) is 9.00. The van der Waals surface area contributed by atoms with E-state index in [9.17, 15) is 4.39 Å². The van der Waals surface area contributed by atoms with Gasteiger partial charge in [-0.1, -0.05) is 5.92 Å². The third-order valence-corrected chi connectivity index (χ3v) is 2.49. The average Bonchev–Trinajstić information content (AvgIpc) is 3.09. The van der Waals surface area contributed by atoms with Crippen molar-refractivity contribution in [3.05, 3.63) is 29.6 Å². The molecular formula is C13H14FNO. The minimum atomic E-state index is -0.249. The Morgan fingerprint density at radius 2 is 2.31 bits per heavy atom. The van der Waals surface area contributed by atoms with Crippen molar-refractivity contribution in [3.8, 4) is 18.1 Å². The van der Waals surface area contributed by atoms with Crippen LogP contribution in [0.2, 0.25) is 0 Å². The van der Waals surface area contributed by atoms with Crippen LogP contribution in [0.1, 0.15) is 18.4 Å². The molecule has 0 atom stereocenters. The summed E-state index contributed by atoms with van der Waals surface area (Å²) in [5.41, 5.74) is 0.821. The summed E-state index contributed by atoms with van der Waals surface area (Å²) < 4.78 is 18.4. The van der Waals surface area contributed by atoms with Gasteiger partial charge in [0, 0.05) is 18.2 Å². The van der Waals surface area contributed by atoms with E-state index in [1.807, 2.05) is 0 Å². The number of nitrogens with one attached hydrogen (secondary N) is 1. The van der Waals surface area contributed by atoms with Crippen LogP contribution in [0, 0.1) is 18.2 Å². The fourth-order valence-electron chi connectivity index (χ4n) is 1.49. The SMILES string of the molecule is C#CCOc1ccc(F)cc1CNC1CC1. The van der Waals surface area contributed by atoms with Gasteiger partial charge in [-0.2, -0.15) is 0 Å². The maximum absolute atomic E-state index is 13.1. The van der Waals surface area contributed by atoms with E-state index < -0.39 is 0 Å². The monoisotopic (exact) mass is 219 g/mol. The van der Waals surface area contributed by atoms with Crippen LogP contribution in [0.25, 0.3) is 0 Å². The molecule has 0 spiro atoms. The number of ether oxygens (including phenoxy) is 1. The number of rotatable bonds is 5. The van der Waals surface area contributed by atoms with Crippen LogP contribution in [0.4, 0.5) is 4.39 Å². The van der Waals surface area contributed by atoms with Gasteiger partial charge in [0.25, 0.3) is 0 Å². The highest BCUT2D eigenvalue weighted by Crippen LogP contribution is 2.23. The Kier molecular flexibility index (Phi) is 3.43. The van der Waals surface area contributed by atoms with Crippen LogP contribution in [0.3, 0.4) is 0 Å². The molecule has 0 saturated heterocycles. The van der Waals surface area contributed by atoms with Crippen LogP contribution in [-0.4, -0.2) is 12.6 Å². The number of hydrogen-bond acceptors (Lipinski definition) is 2. The van der Waals surface area contributed by atoms with Crippen molar-refractivity contribution in [1.82, 2.24) is 5.32 Å². The molecule has 0 aromatic heterocycles.